The lowest BCUT2D eigenvalue weighted by atomic mass is 9.89. The van der Waals surface area contributed by atoms with Crippen molar-refractivity contribution in [2.24, 2.45) is 5.92 Å². The molecule has 4 heterocycles. The summed E-state index contributed by atoms with van der Waals surface area (Å²) in [5.74, 6) is 0.0109. The molecule has 1 unspecified atom stereocenters. The van der Waals surface area contributed by atoms with Crippen molar-refractivity contribution in [3.05, 3.63) is 59.3 Å². The molecule has 1 aromatic carbocycles. The number of rotatable bonds is 6. The molecule has 1 N–H and O–H groups in total. The van der Waals surface area contributed by atoms with Gasteiger partial charge in [0.1, 0.15) is 5.82 Å². The van der Waals surface area contributed by atoms with Gasteiger partial charge < -0.3 is 14.8 Å². The highest BCUT2D eigenvalue weighted by Gasteiger charge is 2.34. The second-order valence-corrected chi connectivity index (χ2v) is 10.9. The fraction of sp³-hybridized carbons (Fsp3) is 0.483. The van der Waals surface area contributed by atoms with Crippen molar-refractivity contribution in [3.63, 3.8) is 0 Å². The molecule has 5 rings (SSSR count). The van der Waals surface area contributed by atoms with Crippen molar-refractivity contribution in [2.45, 2.75) is 58.5 Å². The maximum atomic E-state index is 14.3. The van der Waals surface area contributed by atoms with Gasteiger partial charge in [0.25, 0.3) is 5.91 Å². The molecule has 2 amide bonds. The lowest BCUT2D eigenvalue weighted by Crippen LogP contribution is -2.53. The van der Waals surface area contributed by atoms with Crippen LogP contribution in [0, 0.1) is 18.7 Å². The summed E-state index contributed by atoms with van der Waals surface area (Å²) in [5, 5.41) is 4.12. The molecule has 2 fully saturated rings. The summed E-state index contributed by atoms with van der Waals surface area (Å²) in [4.78, 5) is 33.8. The number of aryl methyl sites for hydroxylation is 1. The molecule has 3 aromatic rings. The summed E-state index contributed by atoms with van der Waals surface area (Å²) in [6.45, 7) is 8.68. The second kappa shape index (κ2) is 10.2. The van der Waals surface area contributed by atoms with Crippen LogP contribution in [0.1, 0.15) is 54.6 Å². The molecular weight excluding hydrogens is 469 g/mol. The molecule has 0 bridgehead atoms. The van der Waals surface area contributed by atoms with Crippen LogP contribution >= 0.6 is 0 Å². The zero-order chi connectivity index (χ0) is 26.3. The number of fused-ring (bicyclic) bond motifs is 1. The fourth-order valence-corrected chi connectivity index (χ4v) is 5.72. The van der Waals surface area contributed by atoms with E-state index in [4.69, 9.17) is 0 Å². The number of nitrogens with zero attached hydrogens (tertiary/aromatic N) is 4. The van der Waals surface area contributed by atoms with Crippen LogP contribution in [-0.4, -0.2) is 69.9 Å². The molecule has 1 atom stereocenters. The number of hydrogen-bond donors (Lipinski definition) is 1. The SMILES string of the molecule is Cc1cncc2c1c(CC1CN(C3CCCNC(=O)C3)C1)cn2-c1ccc(F)cc1C(=O)N(C)C(C)C. The first-order valence-corrected chi connectivity index (χ1v) is 13.2. The Kier molecular flexibility index (Phi) is 7.03. The van der Waals surface area contributed by atoms with Gasteiger partial charge >= 0.3 is 0 Å². The van der Waals surface area contributed by atoms with Crippen molar-refractivity contribution < 1.29 is 14.0 Å². The number of amides is 2. The number of likely N-dealkylation sites (tertiary alicyclic amines) is 1. The van der Waals surface area contributed by atoms with Crippen LogP contribution in [0.5, 0.6) is 0 Å². The molecule has 2 aliphatic rings. The fourth-order valence-electron chi connectivity index (χ4n) is 5.72. The zero-order valence-electron chi connectivity index (χ0n) is 22.1. The van der Waals surface area contributed by atoms with Crippen LogP contribution in [0.2, 0.25) is 0 Å². The van der Waals surface area contributed by atoms with Crippen molar-refractivity contribution in [1.82, 2.24) is 24.7 Å². The van der Waals surface area contributed by atoms with Gasteiger partial charge in [-0.3, -0.25) is 19.5 Å². The van der Waals surface area contributed by atoms with E-state index in [1.807, 2.05) is 30.8 Å². The Morgan fingerprint density at radius 3 is 2.81 bits per heavy atom. The number of carbonyl (C=O) groups is 2. The minimum atomic E-state index is -0.433. The van der Waals surface area contributed by atoms with E-state index in [2.05, 4.69) is 28.3 Å². The maximum absolute atomic E-state index is 14.3. The van der Waals surface area contributed by atoms with Gasteiger partial charge in [-0.15, -0.1) is 0 Å². The van der Waals surface area contributed by atoms with E-state index in [-0.39, 0.29) is 17.9 Å². The van der Waals surface area contributed by atoms with Crippen LogP contribution in [0.25, 0.3) is 16.6 Å². The van der Waals surface area contributed by atoms with E-state index in [0.29, 0.717) is 29.6 Å². The van der Waals surface area contributed by atoms with E-state index in [1.54, 1.807) is 18.0 Å². The minimum absolute atomic E-state index is 0.00871. The predicted octanol–water partition coefficient (Wildman–Crippen LogP) is 4.10. The summed E-state index contributed by atoms with van der Waals surface area (Å²) >= 11 is 0. The number of pyridine rings is 1. The third-order valence-corrected chi connectivity index (χ3v) is 7.99. The highest BCUT2D eigenvalue weighted by Crippen LogP contribution is 2.33. The molecule has 8 heteroatoms. The predicted molar refractivity (Wildman–Crippen MR) is 142 cm³/mol. The summed E-state index contributed by atoms with van der Waals surface area (Å²) in [5.41, 5.74) is 4.19. The molecule has 37 heavy (non-hydrogen) atoms. The summed E-state index contributed by atoms with van der Waals surface area (Å²) in [6, 6.07) is 4.74. The monoisotopic (exact) mass is 505 g/mol. The van der Waals surface area contributed by atoms with Gasteiger partial charge in [-0.1, -0.05) is 0 Å². The molecular formula is C29H36FN5O2. The van der Waals surface area contributed by atoms with Crippen LogP contribution in [0.15, 0.2) is 36.8 Å². The number of halogens is 1. The molecule has 7 nitrogen and oxygen atoms in total. The standard InChI is InChI=1S/C29H36FN5O2/c1-18(2)33(4)29(37)24-11-22(30)7-8-25(24)35-17-21(28-19(3)13-31-14-26(28)35)10-20-15-34(16-20)23-6-5-9-32-27(36)12-23/h7-8,11,13-14,17-18,20,23H,5-6,9-10,12,15-16H2,1-4H3,(H,32,36). The van der Waals surface area contributed by atoms with Crippen LogP contribution < -0.4 is 5.32 Å². The largest absolute Gasteiger partial charge is 0.356 e. The average molecular weight is 506 g/mol. The van der Waals surface area contributed by atoms with Crippen molar-refractivity contribution in [3.8, 4) is 5.69 Å². The number of nitrogens with one attached hydrogen (secondary N) is 1. The Bertz CT molecular complexity index is 1330. The first-order valence-electron chi connectivity index (χ1n) is 13.2. The van der Waals surface area contributed by atoms with Crippen molar-refractivity contribution >= 4 is 22.7 Å². The highest BCUT2D eigenvalue weighted by atomic mass is 19.1. The number of aromatic nitrogens is 2. The molecule has 2 aromatic heterocycles. The normalized spacial score (nSPS) is 19.1. The van der Waals surface area contributed by atoms with Crippen molar-refractivity contribution in [1.29, 1.82) is 0 Å². The van der Waals surface area contributed by atoms with E-state index in [9.17, 15) is 14.0 Å². The quantitative estimate of drug-likeness (QED) is 0.548. The Hall–Kier alpha value is -3.26. The Morgan fingerprint density at radius 2 is 2.05 bits per heavy atom. The van der Waals surface area contributed by atoms with Gasteiger partial charge in [-0.05, 0) is 75.3 Å². The number of carbonyl (C=O) groups excluding carboxylic acids is 2. The summed E-state index contributed by atoms with van der Waals surface area (Å²) < 4.78 is 16.3. The van der Waals surface area contributed by atoms with Gasteiger partial charge in [0.05, 0.1) is 23.0 Å². The zero-order valence-corrected chi connectivity index (χ0v) is 22.1. The lowest BCUT2D eigenvalue weighted by Gasteiger charge is -2.44. The third kappa shape index (κ3) is 4.99. The van der Waals surface area contributed by atoms with Crippen molar-refractivity contribution in [2.75, 3.05) is 26.7 Å². The average Bonchev–Trinajstić information content (AvgIpc) is 3.07. The first-order chi connectivity index (χ1) is 17.7. The van der Waals surface area contributed by atoms with Gasteiger partial charge in [0, 0.05) is 63.0 Å². The van der Waals surface area contributed by atoms with Gasteiger partial charge in [-0.25, -0.2) is 4.39 Å². The molecule has 2 aliphatic heterocycles. The van der Waals surface area contributed by atoms with E-state index >= 15 is 0 Å². The third-order valence-electron chi connectivity index (χ3n) is 7.99. The summed E-state index contributed by atoms with van der Waals surface area (Å²) in [6.07, 6.45) is 9.37. The Balaban J connectivity index is 1.45. The van der Waals surface area contributed by atoms with E-state index < -0.39 is 5.82 Å². The molecule has 0 spiro atoms. The van der Waals surface area contributed by atoms with Crippen LogP contribution in [0.4, 0.5) is 4.39 Å². The summed E-state index contributed by atoms with van der Waals surface area (Å²) in [7, 11) is 1.74. The lowest BCUT2D eigenvalue weighted by molar-refractivity contribution is -0.122. The topological polar surface area (TPSA) is 70.5 Å². The Labute approximate surface area is 217 Å². The van der Waals surface area contributed by atoms with E-state index in [0.717, 1.165) is 55.4 Å². The molecule has 0 radical (unpaired) electrons. The molecule has 0 aliphatic carbocycles. The van der Waals surface area contributed by atoms with Crippen LogP contribution in [-0.2, 0) is 11.2 Å². The maximum Gasteiger partial charge on any atom is 0.256 e. The first kappa shape index (κ1) is 25.4. The molecule has 2 saturated heterocycles. The van der Waals surface area contributed by atoms with Crippen LogP contribution in [0.3, 0.4) is 0 Å². The minimum Gasteiger partial charge on any atom is -0.356 e. The number of benzene rings is 1. The second-order valence-electron chi connectivity index (χ2n) is 10.9. The molecule has 0 saturated carbocycles. The van der Waals surface area contributed by atoms with Gasteiger partial charge in [0.2, 0.25) is 5.91 Å². The smallest absolute Gasteiger partial charge is 0.256 e. The highest BCUT2D eigenvalue weighted by molar-refractivity contribution is 5.99. The number of hydrogen-bond acceptors (Lipinski definition) is 4. The van der Waals surface area contributed by atoms with E-state index in [1.165, 1.54) is 17.7 Å². The van der Waals surface area contributed by atoms with Gasteiger partial charge in [-0.2, -0.15) is 0 Å². The molecule has 196 valence electrons. The van der Waals surface area contributed by atoms with Gasteiger partial charge in [0.15, 0.2) is 0 Å². The Morgan fingerprint density at radius 1 is 1.27 bits per heavy atom.